The van der Waals surface area contributed by atoms with Gasteiger partial charge in [-0.3, -0.25) is 4.79 Å². The Balaban J connectivity index is 1.51. The van der Waals surface area contributed by atoms with Crippen LogP contribution in [0.3, 0.4) is 0 Å². The molecule has 0 aromatic carbocycles. The molecule has 0 saturated heterocycles. The second kappa shape index (κ2) is 11.0. The van der Waals surface area contributed by atoms with Gasteiger partial charge in [0.2, 0.25) is 0 Å². The van der Waals surface area contributed by atoms with Gasteiger partial charge in [-0.05, 0) is 82.0 Å². The Hall–Kier alpha value is -0.530. The van der Waals surface area contributed by atoms with Gasteiger partial charge in [0.15, 0.2) is 0 Å². The predicted molar refractivity (Wildman–Crippen MR) is 117 cm³/mol. The highest BCUT2D eigenvalue weighted by Crippen LogP contribution is 2.46. The molecule has 162 valence electrons. The highest BCUT2D eigenvalue weighted by Gasteiger charge is 2.41. The number of carbonyl (C=O) groups excluding carboxylic acids is 1. The van der Waals surface area contributed by atoms with Crippen LogP contribution in [0.4, 0.5) is 0 Å². The third-order valence-corrected chi connectivity index (χ3v) is 8.44. The fourth-order valence-electron chi connectivity index (χ4n) is 6.53. The number of ether oxygens (including phenoxy) is 1. The molecule has 0 bridgehead atoms. The van der Waals surface area contributed by atoms with Gasteiger partial charge in [0.25, 0.3) is 0 Å². The molecule has 0 N–H and O–H groups in total. The fraction of sp³-hybridized carbons (Fsp3) is 0.962. The smallest absolute Gasteiger partial charge is 0.309 e. The van der Waals surface area contributed by atoms with Crippen molar-refractivity contribution in [3.05, 3.63) is 0 Å². The van der Waals surface area contributed by atoms with Crippen molar-refractivity contribution in [1.82, 2.24) is 0 Å². The van der Waals surface area contributed by atoms with Crippen molar-refractivity contribution in [1.29, 1.82) is 0 Å². The van der Waals surface area contributed by atoms with Crippen molar-refractivity contribution >= 4 is 5.97 Å². The monoisotopic (exact) mass is 390 g/mol. The maximum Gasteiger partial charge on any atom is 0.309 e. The largest absolute Gasteiger partial charge is 0.459 e. The topological polar surface area (TPSA) is 26.3 Å². The van der Waals surface area contributed by atoms with E-state index in [1.807, 2.05) is 0 Å². The van der Waals surface area contributed by atoms with E-state index in [1.165, 1.54) is 83.5 Å². The van der Waals surface area contributed by atoms with E-state index < -0.39 is 0 Å². The molecule has 2 nitrogen and oxygen atoms in total. The van der Waals surface area contributed by atoms with Crippen molar-refractivity contribution in [2.24, 2.45) is 23.7 Å². The summed E-state index contributed by atoms with van der Waals surface area (Å²) < 4.78 is 6.37. The zero-order valence-corrected chi connectivity index (χ0v) is 18.9. The van der Waals surface area contributed by atoms with E-state index in [0.717, 1.165) is 49.9 Å². The summed E-state index contributed by atoms with van der Waals surface area (Å²) in [5, 5.41) is 0. The molecule has 3 fully saturated rings. The van der Waals surface area contributed by atoms with Gasteiger partial charge in [-0.25, -0.2) is 0 Å². The molecule has 0 radical (unpaired) electrons. The number of unbranched alkanes of at least 4 members (excludes halogenated alkanes) is 1. The predicted octanol–water partition coefficient (Wildman–Crippen LogP) is 7.84. The summed E-state index contributed by atoms with van der Waals surface area (Å²) in [7, 11) is 0. The molecule has 0 atom stereocenters. The third-order valence-electron chi connectivity index (χ3n) is 8.44. The van der Waals surface area contributed by atoms with Crippen molar-refractivity contribution < 1.29 is 9.53 Å². The van der Waals surface area contributed by atoms with E-state index in [0.29, 0.717) is 0 Å². The standard InChI is InChI=1S/C26H46O2/c1-3-5-18-26(28-25(27)24-10-7-6-8-11-24)19-16-23(17-20-26)22-14-12-21(9-4-2)13-15-22/h21-24H,3-20H2,1-2H3. The van der Waals surface area contributed by atoms with Crippen molar-refractivity contribution in [2.45, 2.75) is 135 Å². The van der Waals surface area contributed by atoms with Gasteiger partial charge in [0.1, 0.15) is 5.60 Å². The van der Waals surface area contributed by atoms with E-state index in [1.54, 1.807) is 0 Å². The zero-order chi connectivity index (χ0) is 19.8. The Kier molecular flexibility index (Phi) is 8.72. The van der Waals surface area contributed by atoms with E-state index in [4.69, 9.17) is 4.74 Å². The van der Waals surface area contributed by atoms with Gasteiger partial charge in [-0.1, -0.05) is 65.2 Å². The zero-order valence-electron chi connectivity index (χ0n) is 18.9. The van der Waals surface area contributed by atoms with Gasteiger partial charge >= 0.3 is 5.97 Å². The summed E-state index contributed by atoms with van der Waals surface area (Å²) in [6, 6.07) is 0. The van der Waals surface area contributed by atoms with E-state index in [-0.39, 0.29) is 17.5 Å². The van der Waals surface area contributed by atoms with Gasteiger partial charge in [-0.15, -0.1) is 0 Å². The quantitative estimate of drug-likeness (QED) is 0.395. The normalized spacial score (nSPS) is 34.9. The summed E-state index contributed by atoms with van der Waals surface area (Å²) in [6.45, 7) is 4.59. The average molecular weight is 391 g/mol. The van der Waals surface area contributed by atoms with Gasteiger partial charge in [-0.2, -0.15) is 0 Å². The van der Waals surface area contributed by atoms with Crippen LogP contribution in [0.1, 0.15) is 129 Å². The van der Waals surface area contributed by atoms with Crippen LogP contribution >= 0.6 is 0 Å². The molecule has 2 heteroatoms. The Morgan fingerprint density at radius 1 is 0.821 bits per heavy atom. The molecule has 0 unspecified atom stereocenters. The number of hydrogen-bond donors (Lipinski definition) is 0. The summed E-state index contributed by atoms with van der Waals surface area (Å²) >= 11 is 0. The maximum absolute atomic E-state index is 12.9. The molecule has 0 amide bonds. The van der Waals surface area contributed by atoms with Crippen LogP contribution in [0.25, 0.3) is 0 Å². The Morgan fingerprint density at radius 3 is 2.07 bits per heavy atom. The molecule has 0 aliphatic heterocycles. The lowest BCUT2D eigenvalue weighted by molar-refractivity contribution is -0.172. The Bertz CT molecular complexity index is 449. The van der Waals surface area contributed by atoms with Crippen LogP contribution in [-0.4, -0.2) is 11.6 Å². The number of hydrogen-bond acceptors (Lipinski definition) is 2. The summed E-state index contributed by atoms with van der Waals surface area (Å²) in [5.41, 5.74) is -0.125. The van der Waals surface area contributed by atoms with Crippen LogP contribution in [0.15, 0.2) is 0 Å². The lowest BCUT2D eigenvalue weighted by Crippen LogP contribution is -2.42. The van der Waals surface area contributed by atoms with Crippen LogP contribution in [0.5, 0.6) is 0 Å². The van der Waals surface area contributed by atoms with Gasteiger partial charge < -0.3 is 4.74 Å². The molecule has 0 heterocycles. The van der Waals surface area contributed by atoms with Crippen molar-refractivity contribution in [2.75, 3.05) is 0 Å². The molecule has 3 aliphatic rings. The van der Waals surface area contributed by atoms with Crippen LogP contribution in [-0.2, 0) is 9.53 Å². The first kappa shape index (κ1) is 22.2. The first-order chi connectivity index (χ1) is 13.7. The SMILES string of the molecule is CCCCC1(OC(=O)C2CCCCC2)CCC(C2CCC(CCC)CC2)CC1. The minimum Gasteiger partial charge on any atom is -0.459 e. The summed E-state index contributed by atoms with van der Waals surface area (Å²) in [5.74, 6) is 3.19. The number of rotatable bonds is 8. The average Bonchev–Trinajstić information content (AvgIpc) is 2.74. The van der Waals surface area contributed by atoms with Crippen LogP contribution < -0.4 is 0 Å². The fourth-order valence-corrected chi connectivity index (χ4v) is 6.53. The van der Waals surface area contributed by atoms with Crippen LogP contribution in [0, 0.1) is 23.7 Å². The number of carbonyl (C=O) groups is 1. The second-order valence-electron chi connectivity index (χ2n) is 10.4. The molecule has 0 aromatic rings. The van der Waals surface area contributed by atoms with E-state index in [2.05, 4.69) is 13.8 Å². The molecule has 0 spiro atoms. The van der Waals surface area contributed by atoms with Crippen molar-refractivity contribution in [3.8, 4) is 0 Å². The summed E-state index contributed by atoms with van der Waals surface area (Å²) in [6.07, 6.45) is 22.8. The minimum atomic E-state index is -0.125. The third kappa shape index (κ3) is 5.99. The minimum absolute atomic E-state index is 0.125. The van der Waals surface area contributed by atoms with E-state index >= 15 is 0 Å². The molecular formula is C26H46O2. The highest BCUT2D eigenvalue weighted by atomic mass is 16.6. The molecule has 3 rings (SSSR count). The van der Waals surface area contributed by atoms with Gasteiger partial charge in [0, 0.05) is 0 Å². The van der Waals surface area contributed by atoms with Crippen LogP contribution in [0.2, 0.25) is 0 Å². The van der Waals surface area contributed by atoms with E-state index in [9.17, 15) is 4.79 Å². The molecule has 28 heavy (non-hydrogen) atoms. The van der Waals surface area contributed by atoms with Gasteiger partial charge in [0.05, 0.1) is 5.92 Å². The molecular weight excluding hydrogens is 344 g/mol. The Morgan fingerprint density at radius 2 is 1.46 bits per heavy atom. The van der Waals surface area contributed by atoms with Crippen molar-refractivity contribution in [3.63, 3.8) is 0 Å². The number of esters is 1. The molecule has 3 aliphatic carbocycles. The lowest BCUT2D eigenvalue weighted by atomic mass is 9.67. The second-order valence-corrected chi connectivity index (χ2v) is 10.4. The molecule has 3 saturated carbocycles. The first-order valence-electron chi connectivity index (χ1n) is 12.9. The first-order valence-corrected chi connectivity index (χ1v) is 12.9. The lowest BCUT2D eigenvalue weighted by Gasteiger charge is -2.44. The maximum atomic E-state index is 12.9. The highest BCUT2D eigenvalue weighted by molar-refractivity contribution is 5.73. The summed E-state index contributed by atoms with van der Waals surface area (Å²) in [4.78, 5) is 12.9. The Labute approximate surface area is 174 Å². The molecule has 0 aromatic heterocycles.